The van der Waals surface area contributed by atoms with Gasteiger partial charge in [-0.05, 0) is 30.5 Å². The molecular formula is C13H17NO3. The predicted molar refractivity (Wildman–Crippen MR) is 63.2 cm³/mol. The highest BCUT2D eigenvalue weighted by Crippen LogP contribution is 2.45. The second-order valence-corrected chi connectivity index (χ2v) is 4.95. The molecule has 0 spiro atoms. The first-order chi connectivity index (χ1) is 8.19. The first kappa shape index (κ1) is 10.7. The summed E-state index contributed by atoms with van der Waals surface area (Å²) in [5, 5.41) is 9.90. The van der Waals surface area contributed by atoms with E-state index in [0.717, 1.165) is 31.2 Å². The molecule has 2 aliphatic rings. The lowest BCUT2D eigenvalue weighted by Gasteiger charge is -2.34. The quantitative estimate of drug-likeness (QED) is 0.783. The Hall–Kier alpha value is -1.42. The number of hydrogen-bond donors (Lipinski definition) is 2. The first-order valence-electron chi connectivity index (χ1n) is 6.11. The number of rotatable bonds is 1. The number of phenolic OH excluding ortho intramolecular Hbond substituents is 1. The zero-order valence-electron chi connectivity index (χ0n) is 9.74. The highest BCUT2D eigenvalue weighted by molar-refractivity contribution is 5.55. The number of ether oxygens (including phenoxy) is 2. The van der Waals surface area contributed by atoms with Crippen LogP contribution < -0.4 is 15.2 Å². The van der Waals surface area contributed by atoms with E-state index in [1.165, 1.54) is 6.42 Å². The van der Waals surface area contributed by atoms with Gasteiger partial charge >= 0.3 is 0 Å². The van der Waals surface area contributed by atoms with E-state index in [-0.39, 0.29) is 18.1 Å². The van der Waals surface area contributed by atoms with E-state index >= 15 is 0 Å². The van der Waals surface area contributed by atoms with Crippen molar-refractivity contribution in [1.29, 1.82) is 0 Å². The van der Waals surface area contributed by atoms with Gasteiger partial charge in [-0.2, -0.15) is 0 Å². The average Bonchev–Trinajstić information content (AvgIpc) is 2.78. The van der Waals surface area contributed by atoms with Gasteiger partial charge in [0.05, 0.1) is 0 Å². The summed E-state index contributed by atoms with van der Waals surface area (Å²) in [6.45, 7) is 0.171. The van der Waals surface area contributed by atoms with Crippen LogP contribution in [0.5, 0.6) is 17.2 Å². The van der Waals surface area contributed by atoms with Gasteiger partial charge in [0, 0.05) is 5.54 Å². The largest absolute Gasteiger partial charge is 0.504 e. The Kier molecular flexibility index (Phi) is 2.40. The van der Waals surface area contributed by atoms with Gasteiger partial charge in [-0.25, -0.2) is 0 Å². The molecule has 92 valence electrons. The second kappa shape index (κ2) is 3.81. The molecule has 0 atom stereocenters. The Morgan fingerprint density at radius 2 is 1.88 bits per heavy atom. The van der Waals surface area contributed by atoms with Crippen molar-refractivity contribution in [3.8, 4) is 17.2 Å². The predicted octanol–water partition coefficient (Wildman–Crippen LogP) is 2.24. The van der Waals surface area contributed by atoms with Gasteiger partial charge in [-0.15, -0.1) is 0 Å². The maximum atomic E-state index is 9.90. The third kappa shape index (κ3) is 1.72. The van der Waals surface area contributed by atoms with Crippen LogP contribution in [0.15, 0.2) is 12.1 Å². The second-order valence-electron chi connectivity index (χ2n) is 4.95. The average molecular weight is 235 g/mol. The topological polar surface area (TPSA) is 64.7 Å². The van der Waals surface area contributed by atoms with Crippen molar-refractivity contribution in [2.45, 2.75) is 37.6 Å². The van der Waals surface area contributed by atoms with E-state index in [1.807, 2.05) is 6.07 Å². The molecule has 1 fully saturated rings. The van der Waals surface area contributed by atoms with Crippen LogP contribution in [-0.2, 0) is 5.54 Å². The molecule has 4 nitrogen and oxygen atoms in total. The molecule has 17 heavy (non-hydrogen) atoms. The fourth-order valence-corrected chi connectivity index (χ4v) is 2.75. The number of aromatic hydroxyl groups is 1. The summed E-state index contributed by atoms with van der Waals surface area (Å²) in [5.41, 5.74) is 7.07. The van der Waals surface area contributed by atoms with Crippen LogP contribution in [0.25, 0.3) is 0 Å². The number of nitrogens with two attached hydrogens (primary N) is 1. The smallest absolute Gasteiger partial charge is 0.231 e. The van der Waals surface area contributed by atoms with Crippen molar-refractivity contribution < 1.29 is 14.6 Å². The fourth-order valence-electron chi connectivity index (χ4n) is 2.75. The molecule has 0 saturated heterocycles. The Bertz CT molecular complexity index is 439. The van der Waals surface area contributed by atoms with Crippen LogP contribution in [0.4, 0.5) is 0 Å². The van der Waals surface area contributed by atoms with Crippen molar-refractivity contribution in [3.05, 3.63) is 17.7 Å². The van der Waals surface area contributed by atoms with Crippen molar-refractivity contribution in [2.75, 3.05) is 6.79 Å². The molecule has 0 aromatic heterocycles. The van der Waals surface area contributed by atoms with Crippen LogP contribution in [0.1, 0.15) is 37.7 Å². The monoisotopic (exact) mass is 235 g/mol. The Morgan fingerprint density at radius 3 is 2.65 bits per heavy atom. The van der Waals surface area contributed by atoms with Crippen LogP contribution in [0.2, 0.25) is 0 Å². The zero-order chi connectivity index (χ0) is 11.9. The summed E-state index contributed by atoms with van der Waals surface area (Å²) in [7, 11) is 0. The van der Waals surface area contributed by atoms with Gasteiger partial charge in [-0.1, -0.05) is 19.3 Å². The molecule has 4 heteroatoms. The van der Waals surface area contributed by atoms with Crippen LogP contribution in [0.3, 0.4) is 0 Å². The number of benzene rings is 1. The zero-order valence-corrected chi connectivity index (χ0v) is 9.74. The molecule has 3 N–H and O–H groups in total. The molecule has 1 aromatic rings. The molecule has 0 unspecified atom stereocenters. The van der Waals surface area contributed by atoms with Crippen molar-refractivity contribution in [3.63, 3.8) is 0 Å². The Balaban J connectivity index is 2.00. The fraction of sp³-hybridized carbons (Fsp3) is 0.538. The van der Waals surface area contributed by atoms with Gasteiger partial charge < -0.3 is 20.3 Å². The van der Waals surface area contributed by atoms with Crippen LogP contribution in [-0.4, -0.2) is 11.9 Å². The highest BCUT2D eigenvalue weighted by Gasteiger charge is 2.32. The highest BCUT2D eigenvalue weighted by atomic mass is 16.7. The van der Waals surface area contributed by atoms with Gasteiger partial charge in [0.25, 0.3) is 0 Å². The normalized spacial score (nSPS) is 21.5. The summed E-state index contributed by atoms with van der Waals surface area (Å²) < 4.78 is 10.5. The molecule has 3 rings (SSSR count). The lowest BCUT2D eigenvalue weighted by Crippen LogP contribution is -2.38. The third-order valence-electron chi connectivity index (χ3n) is 3.77. The van der Waals surface area contributed by atoms with Crippen LogP contribution >= 0.6 is 0 Å². The molecule has 1 aromatic carbocycles. The van der Waals surface area contributed by atoms with Gasteiger partial charge in [0.2, 0.25) is 12.5 Å². The minimum Gasteiger partial charge on any atom is -0.504 e. The summed E-state index contributed by atoms with van der Waals surface area (Å²) in [6.07, 6.45) is 5.46. The third-order valence-corrected chi connectivity index (χ3v) is 3.77. The van der Waals surface area contributed by atoms with Gasteiger partial charge in [0.15, 0.2) is 11.5 Å². The Labute approximate surface area is 100 Å². The molecule has 1 aliphatic carbocycles. The number of phenols is 1. The van der Waals surface area contributed by atoms with Gasteiger partial charge in [-0.3, -0.25) is 0 Å². The molecule has 1 heterocycles. The first-order valence-corrected chi connectivity index (χ1v) is 6.11. The Morgan fingerprint density at radius 1 is 1.12 bits per heavy atom. The molecule has 0 amide bonds. The maximum absolute atomic E-state index is 9.90. The standard InChI is InChI=1S/C13H17NO3/c14-13(4-2-1-3-5-13)9-6-10(15)12-11(7-9)16-8-17-12/h6-7,15H,1-5,8,14H2. The van der Waals surface area contributed by atoms with Crippen LogP contribution in [0, 0.1) is 0 Å². The van der Waals surface area contributed by atoms with E-state index < -0.39 is 0 Å². The maximum Gasteiger partial charge on any atom is 0.231 e. The van der Waals surface area contributed by atoms with E-state index in [4.69, 9.17) is 15.2 Å². The van der Waals surface area contributed by atoms with E-state index in [0.29, 0.717) is 11.5 Å². The lowest BCUT2D eigenvalue weighted by atomic mass is 9.77. The molecule has 0 bridgehead atoms. The summed E-state index contributed by atoms with van der Waals surface area (Å²) in [5.74, 6) is 1.17. The van der Waals surface area contributed by atoms with Gasteiger partial charge in [0.1, 0.15) is 0 Å². The minimum absolute atomic E-state index is 0.130. The summed E-state index contributed by atoms with van der Waals surface area (Å²) >= 11 is 0. The summed E-state index contributed by atoms with van der Waals surface area (Å²) in [6, 6.07) is 3.63. The van der Waals surface area contributed by atoms with Crippen molar-refractivity contribution >= 4 is 0 Å². The van der Waals surface area contributed by atoms with E-state index in [9.17, 15) is 5.11 Å². The van der Waals surface area contributed by atoms with E-state index in [2.05, 4.69) is 0 Å². The number of fused-ring (bicyclic) bond motifs is 1. The molecular weight excluding hydrogens is 218 g/mol. The number of hydrogen-bond acceptors (Lipinski definition) is 4. The molecule has 1 aliphatic heterocycles. The SMILES string of the molecule is NC1(c2cc(O)c3c(c2)OCO3)CCCCC1. The lowest BCUT2D eigenvalue weighted by molar-refractivity contribution is 0.171. The van der Waals surface area contributed by atoms with E-state index in [1.54, 1.807) is 6.07 Å². The van der Waals surface area contributed by atoms with Crippen molar-refractivity contribution in [1.82, 2.24) is 0 Å². The minimum atomic E-state index is -0.323. The molecule has 1 saturated carbocycles. The molecule has 0 radical (unpaired) electrons. The van der Waals surface area contributed by atoms with Crippen molar-refractivity contribution in [2.24, 2.45) is 5.73 Å². The summed E-state index contributed by atoms with van der Waals surface area (Å²) in [4.78, 5) is 0.